The van der Waals surface area contributed by atoms with E-state index in [1.807, 2.05) is 24.8 Å². The van der Waals surface area contributed by atoms with Crippen LogP contribution in [-0.2, 0) is 16.0 Å². The van der Waals surface area contributed by atoms with Crippen LogP contribution in [0.2, 0.25) is 0 Å². The van der Waals surface area contributed by atoms with Gasteiger partial charge in [0.25, 0.3) is 0 Å². The van der Waals surface area contributed by atoms with E-state index in [4.69, 9.17) is 9.15 Å². The number of ether oxygens (including phenoxy) is 1. The molecule has 2 unspecified atom stereocenters. The molecule has 2 rings (SSSR count). The summed E-state index contributed by atoms with van der Waals surface area (Å²) in [4.78, 5) is 13.8. The van der Waals surface area contributed by atoms with Gasteiger partial charge in [0.15, 0.2) is 0 Å². The number of hydrogen-bond donors (Lipinski definition) is 0. The number of furan rings is 1. The molecule has 4 nitrogen and oxygen atoms in total. The number of carbonyl (C=O) groups excluding carboxylic acids is 1. The lowest BCUT2D eigenvalue weighted by atomic mass is 10.2. The van der Waals surface area contributed by atoms with Crippen LogP contribution in [0.25, 0.3) is 0 Å². The second-order valence-corrected chi connectivity index (χ2v) is 4.31. The summed E-state index contributed by atoms with van der Waals surface area (Å²) in [5.74, 6) is 0.828. The molecule has 0 bridgehead atoms. The Hall–Kier alpha value is -1.29. The van der Waals surface area contributed by atoms with Gasteiger partial charge in [0.05, 0.1) is 24.9 Å². The highest BCUT2D eigenvalue weighted by molar-refractivity contribution is 5.78. The average molecular weight is 223 g/mol. The number of carbonyl (C=O) groups is 1. The van der Waals surface area contributed by atoms with Crippen LogP contribution in [0.5, 0.6) is 0 Å². The summed E-state index contributed by atoms with van der Waals surface area (Å²) in [6.07, 6.45) is 2.16. The van der Waals surface area contributed by atoms with Crippen molar-refractivity contribution in [3.05, 3.63) is 24.2 Å². The highest BCUT2D eigenvalue weighted by Crippen LogP contribution is 2.12. The maximum atomic E-state index is 12.0. The standard InChI is InChI=1S/C12H17NO3/c1-9-7-13(8-10(2)16-9)12(14)6-11-4-3-5-15-11/h3-5,9-10H,6-8H2,1-2H3. The summed E-state index contributed by atoms with van der Waals surface area (Å²) in [5.41, 5.74) is 0. The SMILES string of the molecule is CC1CN(C(=O)Cc2ccco2)CC(C)O1. The lowest BCUT2D eigenvalue weighted by Crippen LogP contribution is -2.48. The summed E-state index contributed by atoms with van der Waals surface area (Å²) in [6.45, 7) is 5.32. The van der Waals surface area contributed by atoms with Gasteiger partial charge in [-0.05, 0) is 26.0 Å². The first-order chi connectivity index (χ1) is 7.65. The fraction of sp³-hybridized carbons (Fsp3) is 0.583. The number of amides is 1. The van der Waals surface area contributed by atoms with Gasteiger partial charge in [-0.1, -0.05) is 0 Å². The minimum absolute atomic E-state index is 0.108. The second-order valence-electron chi connectivity index (χ2n) is 4.31. The smallest absolute Gasteiger partial charge is 0.230 e. The zero-order valence-electron chi connectivity index (χ0n) is 9.68. The van der Waals surface area contributed by atoms with E-state index in [2.05, 4.69) is 0 Å². The molecule has 0 aromatic carbocycles. The number of morpholine rings is 1. The molecule has 2 heterocycles. The zero-order chi connectivity index (χ0) is 11.5. The molecule has 16 heavy (non-hydrogen) atoms. The summed E-state index contributed by atoms with van der Waals surface area (Å²) in [5, 5.41) is 0. The first kappa shape index (κ1) is 11.2. The molecule has 1 aliphatic heterocycles. The largest absolute Gasteiger partial charge is 0.469 e. The second kappa shape index (κ2) is 4.70. The van der Waals surface area contributed by atoms with Crippen molar-refractivity contribution in [3.8, 4) is 0 Å². The van der Waals surface area contributed by atoms with Gasteiger partial charge in [0.1, 0.15) is 5.76 Å². The topological polar surface area (TPSA) is 42.7 Å². The van der Waals surface area contributed by atoms with Crippen LogP contribution in [0.3, 0.4) is 0 Å². The summed E-state index contributed by atoms with van der Waals surface area (Å²) < 4.78 is 10.8. The molecule has 0 N–H and O–H groups in total. The maximum Gasteiger partial charge on any atom is 0.230 e. The zero-order valence-corrected chi connectivity index (χ0v) is 9.68. The van der Waals surface area contributed by atoms with Crippen LogP contribution in [-0.4, -0.2) is 36.1 Å². The molecular weight excluding hydrogens is 206 g/mol. The summed E-state index contributed by atoms with van der Waals surface area (Å²) in [6, 6.07) is 3.62. The average Bonchev–Trinajstić information content (AvgIpc) is 2.68. The van der Waals surface area contributed by atoms with Crippen molar-refractivity contribution >= 4 is 5.91 Å². The van der Waals surface area contributed by atoms with Crippen molar-refractivity contribution in [2.75, 3.05) is 13.1 Å². The van der Waals surface area contributed by atoms with Gasteiger partial charge in [-0.3, -0.25) is 4.79 Å². The molecule has 0 radical (unpaired) electrons. The van der Waals surface area contributed by atoms with E-state index in [9.17, 15) is 4.79 Å². The van der Waals surface area contributed by atoms with E-state index >= 15 is 0 Å². The normalized spacial score (nSPS) is 25.8. The number of nitrogens with zero attached hydrogens (tertiary/aromatic N) is 1. The van der Waals surface area contributed by atoms with E-state index in [0.29, 0.717) is 19.5 Å². The van der Waals surface area contributed by atoms with Gasteiger partial charge < -0.3 is 14.1 Å². The van der Waals surface area contributed by atoms with Gasteiger partial charge in [-0.2, -0.15) is 0 Å². The van der Waals surface area contributed by atoms with Gasteiger partial charge in [-0.15, -0.1) is 0 Å². The molecule has 1 amide bonds. The monoisotopic (exact) mass is 223 g/mol. The van der Waals surface area contributed by atoms with E-state index < -0.39 is 0 Å². The first-order valence-electron chi connectivity index (χ1n) is 5.61. The molecule has 2 atom stereocenters. The van der Waals surface area contributed by atoms with Gasteiger partial charge in [0.2, 0.25) is 5.91 Å². The predicted octanol–water partition coefficient (Wildman–Crippen LogP) is 1.46. The molecule has 1 aliphatic rings. The minimum atomic E-state index is 0.108. The van der Waals surface area contributed by atoms with Crippen molar-refractivity contribution in [2.24, 2.45) is 0 Å². The number of hydrogen-bond acceptors (Lipinski definition) is 3. The summed E-state index contributed by atoms with van der Waals surface area (Å²) >= 11 is 0. The van der Waals surface area contributed by atoms with Crippen molar-refractivity contribution in [1.29, 1.82) is 0 Å². The summed E-state index contributed by atoms with van der Waals surface area (Å²) in [7, 11) is 0. The van der Waals surface area contributed by atoms with Gasteiger partial charge >= 0.3 is 0 Å². The lowest BCUT2D eigenvalue weighted by molar-refractivity contribution is -0.142. The Balaban J connectivity index is 1.94. The lowest BCUT2D eigenvalue weighted by Gasteiger charge is -2.35. The van der Waals surface area contributed by atoms with Crippen LogP contribution in [0.1, 0.15) is 19.6 Å². The molecule has 1 aromatic rings. The third-order valence-corrected chi connectivity index (χ3v) is 2.68. The Morgan fingerprint density at radius 3 is 2.69 bits per heavy atom. The molecule has 88 valence electrons. The van der Waals surface area contributed by atoms with E-state index in [0.717, 1.165) is 5.76 Å². The predicted molar refractivity (Wildman–Crippen MR) is 59.0 cm³/mol. The minimum Gasteiger partial charge on any atom is -0.469 e. The van der Waals surface area contributed by atoms with Crippen molar-refractivity contribution in [2.45, 2.75) is 32.5 Å². The Bertz CT molecular complexity index is 337. The van der Waals surface area contributed by atoms with Crippen molar-refractivity contribution in [1.82, 2.24) is 4.90 Å². The highest BCUT2D eigenvalue weighted by Gasteiger charge is 2.26. The quantitative estimate of drug-likeness (QED) is 0.762. The van der Waals surface area contributed by atoms with Crippen LogP contribution < -0.4 is 0 Å². The van der Waals surface area contributed by atoms with Gasteiger partial charge in [-0.25, -0.2) is 0 Å². The third kappa shape index (κ3) is 2.64. The van der Waals surface area contributed by atoms with Crippen LogP contribution in [0.4, 0.5) is 0 Å². The third-order valence-electron chi connectivity index (χ3n) is 2.68. The highest BCUT2D eigenvalue weighted by atomic mass is 16.5. The molecule has 4 heteroatoms. The Labute approximate surface area is 95.2 Å². The Kier molecular flexibility index (Phi) is 3.29. The maximum absolute atomic E-state index is 12.0. The van der Waals surface area contributed by atoms with Crippen LogP contribution in [0.15, 0.2) is 22.8 Å². The van der Waals surface area contributed by atoms with E-state index in [1.165, 1.54) is 0 Å². The van der Waals surface area contributed by atoms with Crippen LogP contribution in [0, 0.1) is 0 Å². The van der Waals surface area contributed by atoms with Crippen molar-refractivity contribution < 1.29 is 13.9 Å². The van der Waals surface area contributed by atoms with Crippen molar-refractivity contribution in [3.63, 3.8) is 0 Å². The number of rotatable bonds is 2. The first-order valence-corrected chi connectivity index (χ1v) is 5.61. The molecule has 0 saturated carbocycles. The molecular formula is C12H17NO3. The van der Waals surface area contributed by atoms with E-state index in [1.54, 1.807) is 12.3 Å². The van der Waals surface area contributed by atoms with Crippen LogP contribution >= 0.6 is 0 Å². The molecule has 1 saturated heterocycles. The molecule has 1 aromatic heterocycles. The fourth-order valence-electron chi connectivity index (χ4n) is 2.06. The fourth-order valence-corrected chi connectivity index (χ4v) is 2.06. The molecule has 0 aliphatic carbocycles. The molecule has 0 spiro atoms. The Morgan fingerprint density at radius 1 is 1.44 bits per heavy atom. The van der Waals surface area contributed by atoms with Gasteiger partial charge in [0, 0.05) is 13.1 Å². The molecule has 1 fully saturated rings. The Morgan fingerprint density at radius 2 is 2.12 bits per heavy atom. The van der Waals surface area contributed by atoms with E-state index in [-0.39, 0.29) is 18.1 Å².